The van der Waals surface area contributed by atoms with Gasteiger partial charge in [-0.15, -0.1) is 0 Å². The molecule has 1 aliphatic rings. The van der Waals surface area contributed by atoms with Gasteiger partial charge in [-0.2, -0.15) is 22.8 Å². The molecule has 2 aromatic rings. The van der Waals surface area contributed by atoms with Crippen LogP contribution in [0.5, 0.6) is 0 Å². The van der Waals surface area contributed by atoms with Crippen LogP contribution in [-0.4, -0.2) is 31.1 Å². The average Bonchev–Trinajstić information content (AvgIpc) is 2.86. The Morgan fingerprint density at radius 1 is 1.14 bits per heavy atom. The molecule has 1 heterocycles. The van der Waals surface area contributed by atoms with E-state index in [1.807, 2.05) is 0 Å². The maximum absolute atomic E-state index is 15.3. The van der Waals surface area contributed by atoms with Crippen molar-refractivity contribution in [3.8, 4) is 6.07 Å². The van der Waals surface area contributed by atoms with Gasteiger partial charge in [-0.25, -0.2) is 9.59 Å². The largest absolute Gasteiger partial charge is 0.466 e. The molecule has 1 aliphatic heterocycles. The smallest absolute Gasteiger partial charge is 0.416 e. The van der Waals surface area contributed by atoms with E-state index in [2.05, 4.69) is 0 Å². The lowest BCUT2D eigenvalue weighted by Gasteiger charge is -2.36. The number of allylic oxidation sites excluding steroid dienone is 1. The van der Waals surface area contributed by atoms with Gasteiger partial charge in [0.25, 0.3) is 0 Å². The van der Waals surface area contributed by atoms with Crippen molar-refractivity contribution in [2.24, 2.45) is 5.73 Å². The highest BCUT2D eigenvalue weighted by atomic mass is 19.4. The van der Waals surface area contributed by atoms with Gasteiger partial charge in [0.05, 0.1) is 53.5 Å². The van der Waals surface area contributed by atoms with E-state index in [4.69, 9.17) is 15.2 Å². The topological polar surface area (TPSA) is 149 Å². The summed E-state index contributed by atoms with van der Waals surface area (Å²) in [5.74, 6) is -6.56. The van der Waals surface area contributed by atoms with Crippen molar-refractivity contribution in [3.05, 3.63) is 92.2 Å². The molecular formula is C23H16F4N4O6. The lowest BCUT2D eigenvalue weighted by atomic mass is 9.81. The number of carbonyl (C=O) groups is 2. The molecule has 0 spiro atoms. The van der Waals surface area contributed by atoms with E-state index in [0.29, 0.717) is 4.90 Å². The van der Waals surface area contributed by atoms with Crippen molar-refractivity contribution in [1.29, 1.82) is 5.26 Å². The van der Waals surface area contributed by atoms with Gasteiger partial charge in [-0.3, -0.25) is 15.0 Å². The zero-order valence-electron chi connectivity index (χ0n) is 19.0. The molecule has 192 valence electrons. The van der Waals surface area contributed by atoms with Gasteiger partial charge in [0.2, 0.25) is 5.82 Å². The Kier molecular flexibility index (Phi) is 7.19. The number of benzene rings is 2. The molecule has 0 fully saturated rings. The Hall–Kier alpha value is -4.93. The first kappa shape index (κ1) is 26.7. The summed E-state index contributed by atoms with van der Waals surface area (Å²) in [6, 6.07) is 9.47. The number of alkyl halides is 3. The zero-order valence-corrected chi connectivity index (χ0v) is 19.0. The first-order chi connectivity index (χ1) is 17.4. The number of nitro groups is 1. The number of ether oxygens (including phenoxy) is 2. The Morgan fingerprint density at radius 2 is 1.73 bits per heavy atom. The fraction of sp³-hybridized carbons (Fsp3) is 0.174. The second-order valence-corrected chi connectivity index (χ2v) is 7.42. The SMILES string of the molecule is COC(=O)C1=C(C(=O)OC)N(c2cc(C(F)(F)F)cc([N+](=O)[O-])c2F)C(N)=C(C#N)C1c1ccccc1. The highest BCUT2D eigenvalue weighted by Gasteiger charge is 2.45. The number of carbonyl (C=O) groups excluding carboxylic acids is 2. The number of nitrogens with zero attached hydrogens (tertiary/aromatic N) is 3. The fourth-order valence-electron chi connectivity index (χ4n) is 3.82. The van der Waals surface area contributed by atoms with Crippen LogP contribution in [0.3, 0.4) is 0 Å². The predicted molar refractivity (Wildman–Crippen MR) is 118 cm³/mol. The summed E-state index contributed by atoms with van der Waals surface area (Å²) in [6.07, 6.45) is -5.19. The number of rotatable bonds is 5. The van der Waals surface area contributed by atoms with Crippen molar-refractivity contribution < 1.29 is 41.5 Å². The molecule has 37 heavy (non-hydrogen) atoms. The summed E-state index contributed by atoms with van der Waals surface area (Å²) in [5, 5.41) is 21.3. The molecule has 0 saturated carbocycles. The van der Waals surface area contributed by atoms with E-state index in [9.17, 15) is 38.1 Å². The number of anilines is 1. The third-order valence-electron chi connectivity index (χ3n) is 5.41. The van der Waals surface area contributed by atoms with E-state index in [-0.39, 0.29) is 17.7 Å². The first-order valence-electron chi connectivity index (χ1n) is 10.1. The van der Waals surface area contributed by atoms with Crippen molar-refractivity contribution >= 4 is 23.3 Å². The number of methoxy groups -OCH3 is 2. The van der Waals surface area contributed by atoms with Gasteiger partial charge in [0.1, 0.15) is 11.5 Å². The van der Waals surface area contributed by atoms with E-state index in [1.54, 1.807) is 12.1 Å². The molecule has 0 aromatic heterocycles. The number of nitrogens with two attached hydrogens (primary N) is 1. The summed E-state index contributed by atoms with van der Waals surface area (Å²) in [6.45, 7) is 0. The van der Waals surface area contributed by atoms with Crippen molar-refractivity contribution in [2.45, 2.75) is 12.1 Å². The zero-order chi connectivity index (χ0) is 27.7. The minimum absolute atomic E-state index is 0.0383. The fourth-order valence-corrected chi connectivity index (χ4v) is 3.82. The molecule has 14 heteroatoms. The normalized spacial score (nSPS) is 15.8. The Labute approximate surface area is 205 Å². The molecule has 2 N–H and O–H groups in total. The number of nitriles is 1. The summed E-state index contributed by atoms with van der Waals surface area (Å²) >= 11 is 0. The lowest BCUT2D eigenvalue weighted by Crippen LogP contribution is -2.41. The molecule has 10 nitrogen and oxygen atoms in total. The quantitative estimate of drug-likeness (QED) is 0.270. The van der Waals surface area contributed by atoms with Crippen LogP contribution in [0.2, 0.25) is 0 Å². The molecule has 0 radical (unpaired) electrons. The van der Waals surface area contributed by atoms with Crippen LogP contribution >= 0.6 is 0 Å². The van der Waals surface area contributed by atoms with Gasteiger partial charge >= 0.3 is 23.8 Å². The number of esters is 2. The number of halogens is 4. The number of hydrogen-bond acceptors (Lipinski definition) is 9. The molecular weight excluding hydrogens is 504 g/mol. The third kappa shape index (κ3) is 4.66. The van der Waals surface area contributed by atoms with Crippen LogP contribution in [-0.2, 0) is 25.2 Å². The van der Waals surface area contributed by atoms with Crippen LogP contribution in [0.1, 0.15) is 17.0 Å². The van der Waals surface area contributed by atoms with E-state index in [1.165, 1.54) is 24.3 Å². The standard InChI is InChI=1S/C23H16F4N4O6/c1-36-21(32)17-16(11-6-4-3-5-7-11)13(10-28)20(29)30(19(17)22(33)37-2)14-8-12(23(25,26)27)9-15(18(14)24)31(34)35/h3-9,16H,29H2,1-2H3. The minimum atomic E-state index is -5.19. The summed E-state index contributed by atoms with van der Waals surface area (Å²) in [7, 11) is 1.80. The molecule has 3 rings (SSSR count). The van der Waals surface area contributed by atoms with Gasteiger partial charge < -0.3 is 15.2 Å². The summed E-state index contributed by atoms with van der Waals surface area (Å²) in [5.41, 5.74) is -0.106. The van der Waals surface area contributed by atoms with Crippen molar-refractivity contribution in [2.75, 3.05) is 19.1 Å². The number of hydrogen-bond donors (Lipinski definition) is 1. The number of nitro benzene ring substituents is 1. The van der Waals surface area contributed by atoms with Gasteiger partial charge in [0, 0.05) is 6.07 Å². The van der Waals surface area contributed by atoms with Crippen LogP contribution in [0.25, 0.3) is 0 Å². The van der Waals surface area contributed by atoms with Gasteiger partial charge in [-0.05, 0) is 11.6 Å². The molecule has 0 aliphatic carbocycles. The Morgan fingerprint density at radius 3 is 2.22 bits per heavy atom. The molecule has 1 atom stereocenters. The van der Waals surface area contributed by atoms with Crippen LogP contribution in [0.4, 0.5) is 28.9 Å². The minimum Gasteiger partial charge on any atom is -0.466 e. The van der Waals surface area contributed by atoms with Crippen LogP contribution in [0, 0.1) is 27.3 Å². The second-order valence-electron chi connectivity index (χ2n) is 7.42. The maximum atomic E-state index is 15.3. The van der Waals surface area contributed by atoms with E-state index >= 15 is 4.39 Å². The van der Waals surface area contributed by atoms with Gasteiger partial charge in [-0.1, -0.05) is 30.3 Å². The Bertz CT molecular complexity index is 1400. The van der Waals surface area contributed by atoms with Gasteiger partial charge in [0.15, 0.2) is 0 Å². The highest BCUT2D eigenvalue weighted by Crippen LogP contribution is 2.46. The average molecular weight is 520 g/mol. The summed E-state index contributed by atoms with van der Waals surface area (Å²) in [4.78, 5) is 36.2. The maximum Gasteiger partial charge on any atom is 0.416 e. The molecule has 0 saturated heterocycles. The monoisotopic (exact) mass is 520 g/mol. The Balaban J connectivity index is 2.54. The predicted octanol–water partition coefficient (Wildman–Crippen LogP) is 3.65. The second kappa shape index (κ2) is 9.97. The lowest BCUT2D eigenvalue weighted by molar-refractivity contribution is -0.387. The first-order valence-corrected chi connectivity index (χ1v) is 10.1. The summed E-state index contributed by atoms with van der Waals surface area (Å²) < 4.78 is 65.5. The van der Waals surface area contributed by atoms with E-state index in [0.717, 1.165) is 14.2 Å². The van der Waals surface area contributed by atoms with E-state index < -0.39 is 74.4 Å². The molecule has 2 aromatic carbocycles. The highest BCUT2D eigenvalue weighted by molar-refractivity contribution is 6.06. The molecule has 0 bridgehead atoms. The van der Waals surface area contributed by atoms with Crippen LogP contribution in [0.15, 0.2) is 65.1 Å². The molecule has 0 amide bonds. The van der Waals surface area contributed by atoms with Crippen molar-refractivity contribution in [1.82, 2.24) is 0 Å². The third-order valence-corrected chi connectivity index (χ3v) is 5.41. The van der Waals surface area contributed by atoms with Crippen molar-refractivity contribution in [3.63, 3.8) is 0 Å². The molecule has 1 unspecified atom stereocenters. The van der Waals surface area contributed by atoms with Crippen LogP contribution < -0.4 is 10.6 Å².